The van der Waals surface area contributed by atoms with Gasteiger partial charge in [-0.1, -0.05) is 51.3 Å². The Kier molecular flexibility index (Phi) is 5.58. The molecule has 2 aromatic carbocycles. The lowest BCUT2D eigenvalue weighted by Crippen LogP contribution is -2.46. The number of benzene rings is 2. The van der Waals surface area contributed by atoms with Crippen molar-refractivity contribution in [2.75, 3.05) is 18.4 Å². The van der Waals surface area contributed by atoms with Crippen molar-refractivity contribution in [3.8, 4) is 0 Å². The van der Waals surface area contributed by atoms with Crippen LogP contribution >= 0.6 is 39.1 Å². The maximum absolute atomic E-state index is 12.4. The Morgan fingerprint density at radius 1 is 1.08 bits per heavy atom. The van der Waals surface area contributed by atoms with E-state index in [1.165, 1.54) is 0 Å². The number of hydrogen-bond donors (Lipinski definition) is 2. The molecule has 132 valence electrons. The number of halogens is 3. The van der Waals surface area contributed by atoms with Gasteiger partial charge < -0.3 is 15.3 Å². The molecule has 2 amide bonds. The summed E-state index contributed by atoms with van der Waals surface area (Å²) in [6.07, 6.45) is 0.969. The lowest BCUT2D eigenvalue weighted by Gasteiger charge is -2.38. The molecule has 0 bridgehead atoms. The normalized spacial score (nSPS) is 16.6. The van der Waals surface area contributed by atoms with Crippen molar-refractivity contribution in [2.24, 2.45) is 0 Å². The van der Waals surface area contributed by atoms with E-state index in [4.69, 9.17) is 23.2 Å². The van der Waals surface area contributed by atoms with E-state index in [1.54, 1.807) is 23.1 Å². The van der Waals surface area contributed by atoms with E-state index in [-0.39, 0.29) is 6.03 Å². The van der Waals surface area contributed by atoms with Gasteiger partial charge in [0.1, 0.15) is 0 Å². The van der Waals surface area contributed by atoms with Gasteiger partial charge in [-0.15, -0.1) is 0 Å². The molecule has 7 heteroatoms. The lowest BCUT2D eigenvalue weighted by molar-refractivity contribution is -0.0157. The number of aliphatic hydroxyl groups is 1. The third-order valence-electron chi connectivity index (χ3n) is 4.37. The van der Waals surface area contributed by atoms with Crippen LogP contribution in [0.1, 0.15) is 18.4 Å². The Morgan fingerprint density at radius 3 is 2.20 bits per heavy atom. The number of hydrogen-bond acceptors (Lipinski definition) is 2. The fraction of sp³-hybridized carbons (Fsp3) is 0.278. The van der Waals surface area contributed by atoms with Crippen LogP contribution in [0.2, 0.25) is 10.0 Å². The number of rotatable bonds is 2. The zero-order valence-electron chi connectivity index (χ0n) is 13.3. The van der Waals surface area contributed by atoms with Gasteiger partial charge in [-0.05, 0) is 48.7 Å². The molecule has 1 fully saturated rings. The number of carbonyl (C=O) groups excluding carboxylic acids is 1. The lowest BCUT2D eigenvalue weighted by atomic mass is 9.84. The average molecular weight is 444 g/mol. The Balaban J connectivity index is 1.63. The molecule has 25 heavy (non-hydrogen) atoms. The monoisotopic (exact) mass is 442 g/mol. The van der Waals surface area contributed by atoms with Gasteiger partial charge in [0.25, 0.3) is 0 Å². The van der Waals surface area contributed by atoms with Crippen molar-refractivity contribution in [1.82, 2.24) is 4.90 Å². The number of likely N-dealkylation sites (tertiary alicyclic amines) is 1. The van der Waals surface area contributed by atoms with Gasteiger partial charge in [-0.25, -0.2) is 4.79 Å². The summed E-state index contributed by atoms with van der Waals surface area (Å²) in [7, 11) is 0. The summed E-state index contributed by atoms with van der Waals surface area (Å²) in [6.45, 7) is 0.930. The molecule has 0 spiro atoms. The molecular weight excluding hydrogens is 427 g/mol. The second-order valence-electron chi connectivity index (χ2n) is 6.11. The smallest absolute Gasteiger partial charge is 0.321 e. The van der Waals surface area contributed by atoms with Crippen LogP contribution in [0.15, 0.2) is 46.9 Å². The molecule has 1 heterocycles. The zero-order valence-corrected chi connectivity index (χ0v) is 16.4. The van der Waals surface area contributed by atoms with Crippen molar-refractivity contribution in [1.29, 1.82) is 0 Å². The highest BCUT2D eigenvalue weighted by Gasteiger charge is 2.35. The van der Waals surface area contributed by atoms with Gasteiger partial charge in [0.15, 0.2) is 0 Å². The summed E-state index contributed by atoms with van der Waals surface area (Å²) >= 11 is 15.3. The highest BCUT2D eigenvalue weighted by Crippen LogP contribution is 2.33. The predicted molar refractivity (Wildman–Crippen MR) is 104 cm³/mol. The third kappa shape index (κ3) is 4.47. The van der Waals surface area contributed by atoms with Crippen molar-refractivity contribution in [3.05, 3.63) is 62.5 Å². The highest BCUT2D eigenvalue weighted by atomic mass is 79.9. The van der Waals surface area contributed by atoms with Gasteiger partial charge in [0, 0.05) is 33.3 Å². The number of carbonyl (C=O) groups is 1. The first kappa shape index (κ1) is 18.5. The van der Waals surface area contributed by atoms with E-state index in [0.29, 0.717) is 41.7 Å². The van der Waals surface area contributed by atoms with E-state index in [1.807, 2.05) is 24.3 Å². The zero-order chi connectivity index (χ0) is 18.0. The molecule has 1 saturated heterocycles. The van der Waals surface area contributed by atoms with E-state index in [2.05, 4.69) is 21.2 Å². The molecule has 1 aliphatic rings. The molecule has 1 aliphatic heterocycles. The molecular formula is C18H17BrCl2N2O2. The van der Waals surface area contributed by atoms with Crippen LogP contribution in [0.5, 0.6) is 0 Å². The number of nitrogens with one attached hydrogen (secondary N) is 1. The van der Waals surface area contributed by atoms with Gasteiger partial charge in [0.05, 0.1) is 5.60 Å². The largest absolute Gasteiger partial charge is 0.385 e. The van der Waals surface area contributed by atoms with Crippen molar-refractivity contribution < 1.29 is 9.90 Å². The van der Waals surface area contributed by atoms with Crippen LogP contribution in [0.4, 0.5) is 10.5 Å². The van der Waals surface area contributed by atoms with Crippen molar-refractivity contribution in [2.45, 2.75) is 18.4 Å². The Morgan fingerprint density at radius 2 is 1.64 bits per heavy atom. The number of anilines is 1. The fourth-order valence-electron chi connectivity index (χ4n) is 2.96. The average Bonchev–Trinajstić information content (AvgIpc) is 2.55. The number of nitrogens with zero attached hydrogens (tertiary/aromatic N) is 1. The van der Waals surface area contributed by atoms with Gasteiger partial charge >= 0.3 is 6.03 Å². The summed E-state index contributed by atoms with van der Waals surface area (Å²) < 4.78 is 0.969. The maximum Gasteiger partial charge on any atom is 0.321 e. The van der Waals surface area contributed by atoms with Crippen LogP contribution in [-0.4, -0.2) is 29.1 Å². The molecule has 0 radical (unpaired) electrons. The van der Waals surface area contributed by atoms with Crippen LogP contribution < -0.4 is 5.32 Å². The van der Waals surface area contributed by atoms with Crippen LogP contribution in [0.3, 0.4) is 0 Å². The minimum Gasteiger partial charge on any atom is -0.385 e. The fourth-order valence-corrected chi connectivity index (χ4v) is 3.75. The minimum absolute atomic E-state index is 0.226. The van der Waals surface area contributed by atoms with Gasteiger partial charge in [0.2, 0.25) is 0 Å². The molecule has 0 unspecified atom stereocenters. The quantitative estimate of drug-likeness (QED) is 0.663. The van der Waals surface area contributed by atoms with Gasteiger partial charge in [-0.2, -0.15) is 0 Å². The van der Waals surface area contributed by atoms with Gasteiger partial charge in [-0.3, -0.25) is 0 Å². The molecule has 4 nitrogen and oxygen atoms in total. The molecule has 0 aliphatic carbocycles. The summed E-state index contributed by atoms with van der Waals surface area (Å²) in [6, 6.07) is 12.3. The van der Waals surface area contributed by atoms with Crippen molar-refractivity contribution in [3.63, 3.8) is 0 Å². The first-order valence-corrected chi connectivity index (χ1v) is 9.41. The molecule has 0 atom stereocenters. The van der Waals surface area contributed by atoms with E-state index in [9.17, 15) is 9.90 Å². The number of amides is 2. The summed E-state index contributed by atoms with van der Waals surface area (Å²) in [5.41, 5.74) is 0.519. The first-order chi connectivity index (χ1) is 11.9. The van der Waals surface area contributed by atoms with E-state index in [0.717, 1.165) is 10.0 Å². The topological polar surface area (TPSA) is 52.6 Å². The molecule has 2 aromatic rings. The summed E-state index contributed by atoms with van der Waals surface area (Å²) in [4.78, 5) is 14.1. The second-order valence-corrected chi connectivity index (χ2v) is 7.90. The molecule has 0 aromatic heterocycles. The Bertz CT molecular complexity index is 755. The number of piperidine rings is 1. The Hall–Kier alpha value is -1.27. The maximum atomic E-state index is 12.4. The second kappa shape index (κ2) is 7.54. The SMILES string of the molecule is O=C(Nc1cc(Cl)cc(Cl)c1)N1CCC(O)(c2ccc(Br)cc2)CC1. The first-order valence-electron chi connectivity index (χ1n) is 7.86. The van der Waals surface area contributed by atoms with E-state index >= 15 is 0 Å². The predicted octanol–water partition coefficient (Wildman–Crippen LogP) is 5.27. The van der Waals surface area contributed by atoms with Crippen molar-refractivity contribution >= 4 is 50.9 Å². The molecule has 3 rings (SSSR count). The molecule has 0 saturated carbocycles. The van der Waals surface area contributed by atoms with Crippen LogP contribution in [0.25, 0.3) is 0 Å². The van der Waals surface area contributed by atoms with E-state index < -0.39 is 5.60 Å². The molecule has 2 N–H and O–H groups in total. The van der Waals surface area contributed by atoms with Crippen LogP contribution in [-0.2, 0) is 5.60 Å². The van der Waals surface area contributed by atoms with Crippen LogP contribution in [0, 0.1) is 0 Å². The highest BCUT2D eigenvalue weighted by molar-refractivity contribution is 9.10. The number of urea groups is 1. The summed E-state index contributed by atoms with van der Waals surface area (Å²) in [5.74, 6) is 0. The third-order valence-corrected chi connectivity index (χ3v) is 5.34. The Labute approximate surface area is 164 Å². The summed E-state index contributed by atoms with van der Waals surface area (Å²) in [5, 5.41) is 14.6. The standard InChI is InChI=1S/C18H17BrCl2N2O2/c19-13-3-1-12(2-4-13)18(25)5-7-23(8-6-18)17(24)22-16-10-14(20)9-15(21)11-16/h1-4,9-11,25H,5-8H2,(H,22,24). The minimum atomic E-state index is -0.906.